The highest BCUT2D eigenvalue weighted by atomic mass is 32.2. The predicted octanol–water partition coefficient (Wildman–Crippen LogP) is 4.37. The van der Waals surface area contributed by atoms with Crippen LogP contribution in [0.3, 0.4) is 0 Å². The number of rotatable bonds is 4. The quantitative estimate of drug-likeness (QED) is 0.644. The fraction of sp³-hybridized carbons (Fsp3) is 0.143. The molecule has 1 aliphatic heterocycles. The van der Waals surface area contributed by atoms with E-state index in [9.17, 15) is 9.65 Å². The monoisotopic (exact) mass is 392 g/mol. The zero-order chi connectivity index (χ0) is 19.7. The van der Waals surface area contributed by atoms with Gasteiger partial charge in [0.15, 0.2) is 0 Å². The van der Waals surface area contributed by atoms with Gasteiger partial charge in [0.25, 0.3) is 0 Å². The van der Waals surface area contributed by atoms with Crippen molar-refractivity contribution in [2.75, 3.05) is 0 Å². The summed E-state index contributed by atoms with van der Waals surface area (Å²) in [5.41, 5.74) is 9.81. The number of allylic oxidation sites excluding steroid dienone is 1. The van der Waals surface area contributed by atoms with Gasteiger partial charge in [0.1, 0.15) is 17.5 Å². The van der Waals surface area contributed by atoms with Crippen molar-refractivity contribution in [2.24, 2.45) is 5.73 Å². The van der Waals surface area contributed by atoms with E-state index in [-0.39, 0.29) is 11.7 Å². The normalized spacial score (nSPS) is 15.7. The molecule has 4 rings (SSSR count). The van der Waals surface area contributed by atoms with Crippen molar-refractivity contribution in [3.8, 4) is 11.9 Å². The van der Waals surface area contributed by atoms with Gasteiger partial charge in [-0.3, -0.25) is 5.10 Å². The summed E-state index contributed by atoms with van der Waals surface area (Å²) in [5.74, 6) is 0.194. The molecule has 5 nitrogen and oxygen atoms in total. The molecule has 7 heteroatoms. The lowest BCUT2D eigenvalue weighted by Crippen LogP contribution is -2.21. The summed E-state index contributed by atoms with van der Waals surface area (Å²) in [6.07, 6.45) is 0. The maximum Gasteiger partial charge on any atom is 0.244 e. The van der Waals surface area contributed by atoms with Gasteiger partial charge in [0.2, 0.25) is 11.8 Å². The number of hydrogen-bond acceptors (Lipinski definition) is 5. The van der Waals surface area contributed by atoms with Gasteiger partial charge in [-0.25, -0.2) is 4.39 Å². The van der Waals surface area contributed by atoms with Crippen molar-refractivity contribution in [2.45, 2.75) is 23.5 Å². The molecule has 0 fully saturated rings. The predicted molar refractivity (Wildman–Crippen MR) is 105 cm³/mol. The third-order valence-corrected chi connectivity index (χ3v) is 5.66. The lowest BCUT2D eigenvalue weighted by molar-refractivity contribution is 0.378. The molecule has 3 N–H and O–H groups in total. The topological polar surface area (TPSA) is 87.7 Å². The minimum Gasteiger partial charge on any atom is -0.420 e. The number of ether oxygens (including phenoxy) is 1. The molecule has 0 saturated carbocycles. The molecule has 2 heterocycles. The Balaban J connectivity index is 1.71. The number of nitrogens with one attached hydrogen (secondary N) is 1. The summed E-state index contributed by atoms with van der Waals surface area (Å²) < 4.78 is 19.0. The first-order chi connectivity index (χ1) is 13.6. The molecule has 0 saturated heterocycles. The van der Waals surface area contributed by atoms with Crippen LogP contribution in [-0.2, 0) is 5.75 Å². The first-order valence-electron chi connectivity index (χ1n) is 8.66. The Hall–Kier alpha value is -3.24. The first-order valence-corrected chi connectivity index (χ1v) is 9.65. The van der Waals surface area contributed by atoms with Gasteiger partial charge < -0.3 is 10.5 Å². The number of nitrogens with zero attached hydrogens (tertiary/aromatic N) is 2. The van der Waals surface area contributed by atoms with Gasteiger partial charge in [0.05, 0.1) is 17.2 Å². The molecule has 1 atom stereocenters. The Bertz CT molecular complexity index is 1080. The second kappa shape index (κ2) is 7.41. The maximum absolute atomic E-state index is 13.4. The van der Waals surface area contributed by atoms with Crippen molar-refractivity contribution < 1.29 is 9.13 Å². The van der Waals surface area contributed by atoms with Crippen molar-refractivity contribution >= 4 is 11.8 Å². The number of fused-ring (bicyclic) bond motifs is 1. The van der Waals surface area contributed by atoms with E-state index in [2.05, 4.69) is 40.5 Å². The Morgan fingerprint density at radius 1 is 1.21 bits per heavy atom. The highest BCUT2D eigenvalue weighted by Crippen LogP contribution is 2.43. The second-order valence-electron chi connectivity index (χ2n) is 6.50. The molecule has 0 amide bonds. The average Bonchev–Trinajstić information content (AvgIpc) is 3.09. The Kier molecular flexibility index (Phi) is 4.80. The number of benzene rings is 2. The number of thioether (sulfide) groups is 1. The lowest BCUT2D eigenvalue weighted by Gasteiger charge is -2.24. The summed E-state index contributed by atoms with van der Waals surface area (Å²) in [6.45, 7) is 2.05. The summed E-state index contributed by atoms with van der Waals surface area (Å²) in [4.78, 5) is 1.12. The fourth-order valence-corrected chi connectivity index (χ4v) is 4.06. The molecule has 2 aromatic carbocycles. The third kappa shape index (κ3) is 3.35. The number of aryl methyl sites for hydroxylation is 1. The minimum absolute atomic E-state index is 0.0218. The first kappa shape index (κ1) is 18.1. The maximum atomic E-state index is 13.4. The van der Waals surface area contributed by atoms with E-state index < -0.39 is 5.92 Å². The van der Waals surface area contributed by atoms with Gasteiger partial charge in [-0.1, -0.05) is 29.8 Å². The number of hydrogen-bond donors (Lipinski definition) is 2. The smallest absolute Gasteiger partial charge is 0.244 e. The van der Waals surface area contributed by atoms with Gasteiger partial charge in [-0.05, 0) is 36.8 Å². The van der Waals surface area contributed by atoms with E-state index in [0.717, 1.165) is 21.7 Å². The number of aromatic nitrogens is 2. The van der Waals surface area contributed by atoms with Crippen molar-refractivity contribution in [3.63, 3.8) is 0 Å². The molecule has 1 aromatic heterocycles. The highest BCUT2D eigenvalue weighted by molar-refractivity contribution is 7.98. The van der Waals surface area contributed by atoms with E-state index in [1.165, 1.54) is 17.7 Å². The largest absolute Gasteiger partial charge is 0.420 e. The van der Waals surface area contributed by atoms with E-state index in [0.29, 0.717) is 17.2 Å². The zero-order valence-electron chi connectivity index (χ0n) is 15.1. The standard InChI is InChI=1S/C21H17FN4OS/c1-12-2-8-15(9-3-12)28-11-17-19-18(13-4-6-14(22)7-5-13)16(10-23)20(24)27-21(19)26-25-17/h2-9,18H,11,24H2,1H3,(H,25,26)/t18-/m1/s1. The highest BCUT2D eigenvalue weighted by Gasteiger charge is 2.35. The molecule has 1 aliphatic rings. The summed E-state index contributed by atoms with van der Waals surface area (Å²) >= 11 is 1.65. The Morgan fingerprint density at radius 2 is 1.93 bits per heavy atom. The van der Waals surface area contributed by atoms with E-state index in [4.69, 9.17) is 10.5 Å². The molecule has 0 aliphatic carbocycles. The summed E-state index contributed by atoms with van der Waals surface area (Å²) in [7, 11) is 0. The Labute approximate surface area is 166 Å². The van der Waals surface area contributed by atoms with Gasteiger partial charge in [-0.15, -0.1) is 16.9 Å². The molecule has 0 unspecified atom stereocenters. The van der Waals surface area contributed by atoms with Crippen molar-refractivity contribution in [1.29, 1.82) is 5.26 Å². The second-order valence-corrected chi connectivity index (χ2v) is 7.55. The van der Waals surface area contributed by atoms with Crippen LogP contribution in [-0.4, -0.2) is 10.2 Å². The fourth-order valence-electron chi connectivity index (χ4n) is 3.20. The molecule has 3 aromatic rings. The van der Waals surface area contributed by atoms with Crippen LogP contribution in [0, 0.1) is 24.1 Å². The van der Waals surface area contributed by atoms with Crippen molar-refractivity contribution in [3.05, 3.63) is 88.2 Å². The number of nitrogens with two attached hydrogens (primary N) is 1. The van der Waals surface area contributed by atoms with E-state index >= 15 is 0 Å². The number of H-pyrrole nitrogens is 1. The summed E-state index contributed by atoms with van der Waals surface area (Å²) in [6, 6.07) is 16.5. The van der Waals surface area contributed by atoms with Crippen LogP contribution in [0.2, 0.25) is 0 Å². The van der Waals surface area contributed by atoms with Crippen molar-refractivity contribution in [1.82, 2.24) is 10.2 Å². The van der Waals surface area contributed by atoms with Crippen LogP contribution in [0.1, 0.15) is 28.3 Å². The zero-order valence-corrected chi connectivity index (χ0v) is 15.9. The third-order valence-electron chi connectivity index (χ3n) is 4.63. The molecule has 0 spiro atoms. The van der Waals surface area contributed by atoms with Crippen LogP contribution >= 0.6 is 11.8 Å². The summed E-state index contributed by atoms with van der Waals surface area (Å²) in [5, 5.41) is 16.9. The molecular formula is C21H17FN4OS. The molecule has 140 valence electrons. The molecule has 28 heavy (non-hydrogen) atoms. The van der Waals surface area contributed by atoms with Crippen LogP contribution in [0.4, 0.5) is 4.39 Å². The molecule has 0 bridgehead atoms. The van der Waals surface area contributed by atoms with Crippen LogP contribution < -0.4 is 10.5 Å². The van der Waals surface area contributed by atoms with Gasteiger partial charge >= 0.3 is 0 Å². The van der Waals surface area contributed by atoms with Crippen LogP contribution in [0.15, 0.2) is 64.9 Å². The average molecular weight is 392 g/mol. The molecular weight excluding hydrogens is 375 g/mol. The van der Waals surface area contributed by atoms with E-state index in [1.807, 2.05) is 6.92 Å². The van der Waals surface area contributed by atoms with E-state index in [1.54, 1.807) is 23.9 Å². The lowest BCUT2D eigenvalue weighted by atomic mass is 9.84. The SMILES string of the molecule is Cc1ccc(SCc2[nH]nc3c2[C@H](c2ccc(F)cc2)C(C#N)=C(N)O3)cc1. The number of nitriles is 1. The molecule has 0 radical (unpaired) electrons. The van der Waals surface area contributed by atoms with Gasteiger partial charge in [0, 0.05) is 10.6 Å². The van der Waals surface area contributed by atoms with Gasteiger partial charge in [-0.2, -0.15) is 5.26 Å². The number of halogens is 1. The van der Waals surface area contributed by atoms with Crippen LogP contribution in [0.25, 0.3) is 0 Å². The van der Waals surface area contributed by atoms with Crippen LogP contribution in [0.5, 0.6) is 5.88 Å². The minimum atomic E-state index is -0.457. The number of aromatic amines is 1. The Morgan fingerprint density at radius 3 is 2.61 bits per heavy atom.